The fourth-order valence-corrected chi connectivity index (χ4v) is 2.17. The van der Waals surface area contributed by atoms with E-state index in [1.54, 1.807) is 12.1 Å². The molecule has 7 heteroatoms. The number of halogens is 2. The number of hydrogen-bond donors (Lipinski definition) is 1. The molecule has 3 aromatic rings. The zero-order chi connectivity index (χ0) is 19.2. The van der Waals surface area contributed by atoms with Crippen LogP contribution in [0.25, 0.3) is 0 Å². The van der Waals surface area contributed by atoms with Crippen molar-refractivity contribution in [3.8, 4) is 17.4 Å². The Bertz CT molecular complexity index is 929. The zero-order valence-corrected chi connectivity index (χ0v) is 14.4. The summed E-state index contributed by atoms with van der Waals surface area (Å²) in [5.74, 6) is -1.27. The van der Waals surface area contributed by atoms with Crippen molar-refractivity contribution in [3.63, 3.8) is 0 Å². The minimum absolute atomic E-state index is 0.202. The molecule has 0 aliphatic carbocycles. The lowest BCUT2D eigenvalue weighted by Gasteiger charge is -2.09. The Morgan fingerprint density at radius 2 is 1.85 bits per heavy atom. The van der Waals surface area contributed by atoms with Crippen LogP contribution in [-0.2, 0) is 4.79 Å². The summed E-state index contributed by atoms with van der Waals surface area (Å²) in [4.78, 5) is 16.0. The van der Waals surface area contributed by atoms with Gasteiger partial charge in [0.1, 0.15) is 11.6 Å². The van der Waals surface area contributed by atoms with Crippen molar-refractivity contribution >= 4 is 11.6 Å². The number of nitrogens with zero attached hydrogens (tertiary/aromatic N) is 1. The van der Waals surface area contributed by atoms with E-state index in [9.17, 15) is 13.6 Å². The molecule has 0 unspecified atom stereocenters. The fraction of sp³-hybridized carbons (Fsp3) is 0.100. The van der Waals surface area contributed by atoms with Crippen LogP contribution in [0.3, 0.4) is 0 Å². The molecule has 2 aromatic carbocycles. The summed E-state index contributed by atoms with van der Waals surface area (Å²) in [5.41, 5.74) is 1.55. The van der Waals surface area contributed by atoms with Crippen LogP contribution >= 0.6 is 0 Å². The number of amides is 1. The number of nitrogens with one attached hydrogen (secondary N) is 1. The van der Waals surface area contributed by atoms with Gasteiger partial charge in [0.2, 0.25) is 5.88 Å². The summed E-state index contributed by atoms with van der Waals surface area (Å²) in [7, 11) is 0. The van der Waals surface area contributed by atoms with Gasteiger partial charge in [0.25, 0.3) is 5.91 Å². The van der Waals surface area contributed by atoms with Gasteiger partial charge >= 0.3 is 0 Å². The molecule has 138 valence electrons. The minimum Gasteiger partial charge on any atom is -0.481 e. The SMILES string of the molecule is Cc1ccc(Oc2ccc(NC(=O)COc3ccc(F)cc3F)cn2)cc1. The summed E-state index contributed by atoms with van der Waals surface area (Å²) in [5, 5.41) is 2.56. The van der Waals surface area contributed by atoms with Gasteiger partial charge in [-0.25, -0.2) is 13.8 Å². The van der Waals surface area contributed by atoms with Crippen LogP contribution < -0.4 is 14.8 Å². The molecule has 1 heterocycles. The normalized spacial score (nSPS) is 10.3. The number of aryl methyl sites for hydroxylation is 1. The number of carbonyl (C=O) groups is 1. The van der Waals surface area contributed by atoms with Crippen LogP contribution in [0.4, 0.5) is 14.5 Å². The third-order valence-electron chi connectivity index (χ3n) is 3.52. The third kappa shape index (κ3) is 5.24. The number of benzene rings is 2. The molecule has 5 nitrogen and oxygen atoms in total. The van der Waals surface area contributed by atoms with Crippen LogP contribution in [-0.4, -0.2) is 17.5 Å². The molecular formula is C20H16F2N2O3. The number of aromatic nitrogens is 1. The predicted molar refractivity (Wildman–Crippen MR) is 96.0 cm³/mol. The molecule has 0 saturated carbocycles. The van der Waals surface area contributed by atoms with Crippen molar-refractivity contribution in [2.45, 2.75) is 6.92 Å². The summed E-state index contributed by atoms with van der Waals surface area (Å²) in [6.45, 7) is 1.55. The second-order valence-corrected chi connectivity index (χ2v) is 5.71. The molecule has 0 spiro atoms. The Labute approximate surface area is 154 Å². The lowest BCUT2D eigenvalue weighted by atomic mass is 10.2. The molecule has 0 aliphatic heterocycles. The number of carbonyl (C=O) groups excluding carboxylic acids is 1. The van der Waals surface area contributed by atoms with E-state index in [4.69, 9.17) is 9.47 Å². The average Bonchev–Trinajstić information content (AvgIpc) is 2.64. The maximum absolute atomic E-state index is 13.5. The topological polar surface area (TPSA) is 60.5 Å². The quantitative estimate of drug-likeness (QED) is 0.695. The maximum Gasteiger partial charge on any atom is 0.262 e. The molecule has 27 heavy (non-hydrogen) atoms. The van der Waals surface area contributed by atoms with E-state index < -0.39 is 24.1 Å². The van der Waals surface area contributed by atoms with Gasteiger partial charge < -0.3 is 14.8 Å². The highest BCUT2D eigenvalue weighted by molar-refractivity contribution is 5.91. The lowest BCUT2D eigenvalue weighted by Crippen LogP contribution is -2.20. The van der Waals surface area contributed by atoms with Gasteiger partial charge in [0, 0.05) is 12.1 Å². The van der Waals surface area contributed by atoms with Gasteiger partial charge in [-0.1, -0.05) is 17.7 Å². The number of pyridine rings is 1. The fourth-order valence-electron chi connectivity index (χ4n) is 2.17. The van der Waals surface area contributed by atoms with E-state index in [0.717, 1.165) is 17.7 Å². The van der Waals surface area contributed by atoms with Crippen LogP contribution in [0.5, 0.6) is 17.4 Å². The monoisotopic (exact) mass is 370 g/mol. The van der Waals surface area contributed by atoms with Gasteiger partial charge in [0.15, 0.2) is 18.2 Å². The molecule has 1 amide bonds. The smallest absolute Gasteiger partial charge is 0.262 e. The number of anilines is 1. The van der Waals surface area contributed by atoms with Gasteiger partial charge in [-0.05, 0) is 37.3 Å². The average molecular weight is 370 g/mol. The van der Waals surface area contributed by atoms with Gasteiger partial charge in [-0.2, -0.15) is 0 Å². The molecule has 0 fully saturated rings. The van der Waals surface area contributed by atoms with Crippen molar-refractivity contribution in [2.75, 3.05) is 11.9 Å². The standard InChI is InChI=1S/C20H16F2N2O3/c1-13-2-6-16(7-3-13)27-20-9-5-15(11-23-20)24-19(25)12-26-18-8-4-14(21)10-17(18)22/h2-11H,12H2,1H3,(H,24,25). The van der Waals surface area contributed by atoms with Crippen molar-refractivity contribution in [1.29, 1.82) is 0 Å². The molecule has 1 aromatic heterocycles. The Hall–Kier alpha value is -3.48. The first kappa shape index (κ1) is 18.3. The van der Waals surface area contributed by atoms with E-state index in [2.05, 4.69) is 10.3 Å². The van der Waals surface area contributed by atoms with Crippen molar-refractivity contribution in [3.05, 3.63) is 78.0 Å². The highest BCUT2D eigenvalue weighted by Crippen LogP contribution is 2.21. The van der Waals surface area contributed by atoms with Crippen molar-refractivity contribution in [2.24, 2.45) is 0 Å². The summed E-state index contributed by atoms with van der Waals surface area (Å²) in [6, 6.07) is 13.6. The number of hydrogen-bond acceptors (Lipinski definition) is 4. The van der Waals surface area contributed by atoms with E-state index in [1.165, 1.54) is 6.20 Å². The molecule has 0 atom stereocenters. The lowest BCUT2D eigenvalue weighted by molar-refractivity contribution is -0.118. The highest BCUT2D eigenvalue weighted by Gasteiger charge is 2.09. The Morgan fingerprint density at radius 3 is 2.52 bits per heavy atom. The minimum atomic E-state index is -0.873. The van der Waals surface area contributed by atoms with E-state index in [0.29, 0.717) is 23.4 Å². The third-order valence-corrected chi connectivity index (χ3v) is 3.52. The second-order valence-electron chi connectivity index (χ2n) is 5.71. The molecular weight excluding hydrogens is 354 g/mol. The van der Waals surface area contributed by atoms with Gasteiger partial charge in [-0.3, -0.25) is 4.79 Å². The van der Waals surface area contributed by atoms with Crippen LogP contribution in [0, 0.1) is 18.6 Å². The van der Waals surface area contributed by atoms with E-state index in [1.807, 2.05) is 31.2 Å². The number of ether oxygens (including phenoxy) is 2. The van der Waals surface area contributed by atoms with Crippen LogP contribution in [0.1, 0.15) is 5.56 Å². The van der Waals surface area contributed by atoms with Gasteiger partial charge in [0.05, 0.1) is 11.9 Å². The zero-order valence-electron chi connectivity index (χ0n) is 14.4. The maximum atomic E-state index is 13.5. The first-order valence-corrected chi connectivity index (χ1v) is 8.08. The largest absolute Gasteiger partial charge is 0.481 e. The summed E-state index contributed by atoms with van der Waals surface area (Å²) in [6.07, 6.45) is 1.43. The molecule has 0 aliphatic rings. The molecule has 0 bridgehead atoms. The van der Waals surface area contributed by atoms with Crippen molar-refractivity contribution < 1.29 is 23.0 Å². The summed E-state index contributed by atoms with van der Waals surface area (Å²) >= 11 is 0. The Morgan fingerprint density at radius 1 is 1.07 bits per heavy atom. The second kappa shape index (κ2) is 8.27. The van der Waals surface area contributed by atoms with Crippen molar-refractivity contribution in [1.82, 2.24) is 4.98 Å². The number of rotatable bonds is 6. The molecule has 3 rings (SSSR count). The predicted octanol–water partition coefficient (Wildman–Crippen LogP) is 4.48. The first-order chi connectivity index (χ1) is 13.0. The molecule has 0 saturated heterocycles. The van der Waals surface area contributed by atoms with Crippen LogP contribution in [0.2, 0.25) is 0 Å². The summed E-state index contributed by atoms with van der Waals surface area (Å²) < 4.78 is 36.9. The van der Waals surface area contributed by atoms with E-state index in [-0.39, 0.29) is 5.75 Å². The van der Waals surface area contributed by atoms with Gasteiger partial charge in [-0.15, -0.1) is 0 Å². The Balaban J connectivity index is 1.52. The Kier molecular flexibility index (Phi) is 5.61. The van der Waals surface area contributed by atoms with E-state index >= 15 is 0 Å². The van der Waals surface area contributed by atoms with Crippen LogP contribution in [0.15, 0.2) is 60.8 Å². The first-order valence-electron chi connectivity index (χ1n) is 8.08. The highest BCUT2D eigenvalue weighted by atomic mass is 19.1. The molecule has 0 radical (unpaired) electrons. The molecule has 1 N–H and O–H groups in total.